The lowest BCUT2D eigenvalue weighted by Gasteiger charge is -2.14. The van der Waals surface area contributed by atoms with Crippen LogP contribution in [-0.4, -0.2) is 6.54 Å². The lowest BCUT2D eigenvalue weighted by molar-refractivity contribution is 0.469. The molecule has 0 bridgehead atoms. The van der Waals surface area contributed by atoms with Crippen LogP contribution in [0.1, 0.15) is 30.5 Å². The minimum absolute atomic E-state index is 0.649. The van der Waals surface area contributed by atoms with Crippen molar-refractivity contribution in [2.75, 3.05) is 6.54 Å². The molecule has 0 fully saturated rings. The maximum absolute atomic E-state index is 6.04. The second kappa shape index (κ2) is 7.28. The molecule has 2 heteroatoms. The fraction of sp³-hybridized carbons (Fsp3) is 0.368. The number of hydrogen-bond donors (Lipinski definition) is 1. The van der Waals surface area contributed by atoms with E-state index in [0.717, 1.165) is 24.6 Å². The minimum Gasteiger partial charge on any atom is -0.457 e. The van der Waals surface area contributed by atoms with E-state index >= 15 is 0 Å². The number of hydrogen-bond acceptors (Lipinski definition) is 2. The van der Waals surface area contributed by atoms with Gasteiger partial charge in [0.05, 0.1) is 0 Å². The Bertz CT molecular complexity index is 573. The van der Waals surface area contributed by atoms with Crippen molar-refractivity contribution in [3.05, 3.63) is 59.2 Å². The molecule has 0 saturated heterocycles. The molecule has 0 aliphatic heterocycles. The van der Waals surface area contributed by atoms with Crippen molar-refractivity contribution in [2.24, 2.45) is 5.92 Å². The van der Waals surface area contributed by atoms with E-state index in [1.807, 2.05) is 12.1 Å². The van der Waals surface area contributed by atoms with E-state index in [2.05, 4.69) is 63.3 Å². The van der Waals surface area contributed by atoms with Crippen LogP contribution < -0.4 is 10.1 Å². The summed E-state index contributed by atoms with van der Waals surface area (Å²) in [6.45, 7) is 10.5. The van der Waals surface area contributed by atoms with E-state index in [0.29, 0.717) is 5.92 Å². The Labute approximate surface area is 128 Å². The van der Waals surface area contributed by atoms with Crippen molar-refractivity contribution in [1.29, 1.82) is 0 Å². The van der Waals surface area contributed by atoms with Crippen molar-refractivity contribution < 1.29 is 4.74 Å². The van der Waals surface area contributed by atoms with Gasteiger partial charge in [-0.1, -0.05) is 49.2 Å². The molecule has 21 heavy (non-hydrogen) atoms. The molecule has 2 rings (SSSR count). The predicted octanol–water partition coefficient (Wildman–Crippen LogP) is 4.84. The monoisotopic (exact) mass is 283 g/mol. The SMILES string of the molecule is Cc1ccc(Oc2ccc(C)cc2CNCC(C)C)cc1. The Morgan fingerprint density at radius 1 is 0.952 bits per heavy atom. The van der Waals surface area contributed by atoms with Gasteiger partial charge in [0, 0.05) is 12.1 Å². The van der Waals surface area contributed by atoms with Gasteiger partial charge in [0.15, 0.2) is 0 Å². The molecule has 0 radical (unpaired) electrons. The lowest BCUT2D eigenvalue weighted by Crippen LogP contribution is -2.19. The molecule has 0 aliphatic rings. The average Bonchev–Trinajstić information content (AvgIpc) is 2.43. The van der Waals surface area contributed by atoms with Gasteiger partial charge in [-0.15, -0.1) is 0 Å². The molecular weight excluding hydrogens is 258 g/mol. The molecule has 2 nitrogen and oxygen atoms in total. The molecule has 2 aromatic rings. The summed E-state index contributed by atoms with van der Waals surface area (Å²) in [5.41, 5.74) is 3.70. The first kappa shape index (κ1) is 15.6. The zero-order valence-electron chi connectivity index (χ0n) is 13.4. The summed E-state index contributed by atoms with van der Waals surface area (Å²) in [5, 5.41) is 3.48. The molecule has 0 spiro atoms. The van der Waals surface area contributed by atoms with Crippen LogP contribution in [0, 0.1) is 19.8 Å². The van der Waals surface area contributed by atoms with Gasteiger partial charge in [0.25, 0.3) is 0 Å². The largest absolute Gasteiger partial charge is 0.457 e. The van der Waals surface area contributed by atoms with Gasteiger partial charge < -0.3 is 10.1 Å². The first-order chi connectivity index (χ1) is 10.0. The van der Waals surface area contributed by atoms with E-state index in [-0.39, 0.29) is 0 Å². The first-order valence-electron chi connectivity index (χ1n) is 7.59. The molecule has 112 valence electrons. The highest BCUT2D eigenvalue weighted by Gasteiger charge is 2.06. The third-order valence-electron chi connectivity index (χ3n) is 3.33. The summed E-state index contributed by atoms with van der Waals surface area (Å²) >= 11 is 0. The van der Waals surface area contributed by atoms with Crippen molar-refractivity contribution in [3.63, 3.8) is 0 Å². The molecule has 1 N–H and O–H groups in total. The average molecular weight is 283 g/mol. The van der Waals surface area contributed by atoms with Crippen LogP contribution in [-0.2, 0) is 6.54 Å². The van der Waals surface area contributed by atoms with Gasteiger partial charge in [-0.2, -0.15) is 0 Å². The summed E-state index contributed by atoms with van der Waals surface area (Å²) in [5.74, 6) is 2.46. The van der Waals surface area contributed by atoms with E-state index in [1.165, 1.54) is 16.7 Å². The van der Waals surface area contributed by atoms with Crippen molar-refractivity contribution in [3.8, 4) is 11.5 Å². The molecule has 0 amide bonds. The van der Waals surface area contributed by atoms with Gasteiger partial charge in [-0.05, 0) is 44.5 Å². The van der Waals surface area contributed by atoms with E-state index in [4.69, 9.17) is 4.74 Å². The molecule has 0 unspecified atom stereocenters. The summed E-state index contributed by atoms with van der Waals surface area (Å²) in [4.78, 5) is 0. The summed E-state index contributed by atoms with van der Waals surface area (Å²) in [7, 11) is 0. The summed E-state index contributed by atoms with van der Waals surface area (Å²) in [6.07, 6.45) is 0. The molecule has 0 aromatic heterocycles. The van der Waals surface area contributed by atoms with Crippen molar-refractivity contribution >= 4 is 0 Å². The fourth-order valence-electron chi connectivity index (χ4n) is 2.17. The zero-order chi connectivity index (χ0) is 15.2. The third kappa shape index (κ3) is 4.91. The topological polar surface area (TPSA) is 21.3 Å². The van der Waals surface area contributed by atoms with E-state index in [9.17, 15) is 0 Å². The van der Waals surface area contributed by atoms with Gasteiger partial charge >= 0.3 is 0 Å². The van der Waals surface area contributed by atoms with Crippen molar-refractivity contribution in [1.82, 2.24) is 5.32 Å². The Kier molecular flexibility index (Phi) is 5.40. The van der Waals surface area contributed by atoms with E-state index < -0.39 is 0 Å². The number of aryl methyl sites for hydroxylation is 2. The molecule has 2 aromatic carbocycles. The smallest absolute Gasteiger partial charge is 0.131 e. The Morgan fingerprint density at radius 2 is 1.62 bits per heavy atom. The van der Waals surface area contributed by atoms with Crippen LogP contribution in [0.4, 0.5) is 0 Å². The Hall–Kier alpha value is -1.80. The van der Waals surface area contributed by atoms with Crippen LogP contribution in [0.25, 0.3) is 0 Å². The van der Waals surface area contributed by atoms with E-state index in [1.54, 1.807) is 0 Å². The summed E-state index contributed by atoms with van der Waals surface area (Å²) in [6, 6.07) is 14.5. The van der Waals surface area contributed by atoms with Gasteiger partial charge in [-0.3, -0.25) is 0 Å². The van der Waals surface area contributed by atoms with Crippen LogP contribution >= 0.6 is 0 Å². The highest BCUT2D eigenvalue weighted by Crippen LogP contribution is 2.26. The maximum atomic E-state index is 6.04. The van der Waals surface area contributed by atoms with Crippen LogP contribution in [0.5, 0.6) is 11.5 Å². The van der Waals surface area contributed by atoms with Gasteiger partial charge in [0.1, 0.15) is 11.5 Å². The molecule has 0 heterocycles. The number of ether oxygens (including phenoxy) is 1. The predicted molar refractivity (Wildman–Crippen MR) is 89.0 cm³/mol. The second-order valence-corrected chi connectivity index (χ2v) is 6.05. The maximum Gasteiger partial charge on any atom is 0.131 e. The summed E-state index contributed by atoms with van der Waals surface area (Å²) < 4.78 is 6.04. The lowest BCUT2D eigenvalue weighted by atomic mass is 10.1. The van der Waals surface area contributed by atoms with Gasteiger partial charge in [0.2, 0.25) is 0 Å². The standard InChI is InChI=1S/C19H25NO/c1-14(2)12-20-13-17-11-16(4)7-10-19(17)21-18-8-5-15(3)6-9-18/h5-11,14,20H,12-13H2,1-4H3. The quantitative estimate of drug-likeness (QED) is 0.819. The first-order valence-corrected chi connectivity index (χ1v) is 7.59. The third-order valence-corrected chi connectivity index (χ3v) is 3.33. The number of nitrogens with one attached hydrogen (secondary N) is 1. The molecule has 0 saturated carbocycles. The van der Waals surface area contributed by atoms with Gasteiger partial charge in [-0.25, -0.2) is 0 Å². The van der Waals surface area contributed by atoms with Crippen molar-refractivity contribution in [2.45, 2.75) is 34.2 Å². The highest BCUT2D eigenvalue weighted by atomic mass is 16.5. The highest BCUT2D eigenvalue weighted by molar-refractivity contribution is 5.40. The molecule has 0 aliphatic carbocycles. The second-order valence-electron chi connectivity index (χ2n) is 6.05. The Balaban J connectivity index is 2.12. The Morgan fingerprint density at radius 3 is 2.29 bits per heavy atom. The zero-order valence-corrected chi connectivity index (χ0v) is 13.4. The van der Waals surface area contributed by atoms with Crippen LogP contribution in [0.15, 0.2) is 42.5 Å². The number of rotatable bonds is 6. The fourth-order valence-corrected chi connectivity index (χ4v) is 2.17. The van der Waals surface area contributed by atoms with Crippen LogP contribution in [0.3, 0.4) is 0 Å². The minimum atomic E-state index is 0.649. The normalized spacial score (nSPS) is 10.9. The molecular formula is C19H25NO. The molecule has 0 atom stereocenters. The number of benzene rings is 2. The van der Waals surface area contributed by atoms with Crippen LogP contribution in [0.2, 0.25) is 0 Å².